The first-order valence-electron chi connectivity index (χ1n) is 7.12. The SMILES string of the molecule is COc1ccc(OC)c(S(=O)(=O)N/N=C/c2ccccc2C(F)(F)F)c1. The monoisotopic (exact) mass is 388 g/mol. The van der Waals surface area contributed by atoms with Gasteiger partial charge in [0.1, 0.15) is 16.4 Å². The summed E-state index contributed by atoms with van der Waals surface area (Å²) in [5.74, 6) is 0.293. The van der Waals surface area contributed by atoms with Crippen molar-refractivity contribution in [2.24, 2.45) is 5.10 Å². The van der Waals surface area contributed by atoms with E-state index in [2.05, 4.69) is 5.10 Å². The Morgan fingerprint density at radius 3 is 2.38 bits per heavy atom. The van der Waals surface area contributed by atoms with E-state index in [9.17, 15) is 21.6 Å². The zero-order chi connectivity index (χ0) is 19.4. The number of halogens is 3. The van der Waals surface area contributed by atoms with Gasteiger partial charge >= 0.3 is 6.18 Å². The van der Waals surface area contributed by atoms with E-state index in [4.69, 9.17) is 9.47 Å². The molecule has 0 heterocycles. The fourth-order valence-electron chi connectivity index (χ4n) is 2.08. The molecule has 0 spiro atoms. The normalized spacial score (nSPS) is 12.2. The first kappa shape index (κ1) is 19.6. The topological polar surface area (TPSA) is 77.0 Å². The molecule has 2 rings (SSSR count). The molecule has 0 unspecified atom stereocenters. The summed E-state index contributed by atoms with van der Waals surface area (Å²) in [7, 11) is -1.55. The van der Waals surface area contributed by atoms with Crippen molar-refractivity contribution in [1.82, 2.24) is 4.83 Å². The Bertz CT molecular complexity index is 912. The van der Waals surface area contributed by atoms with E-state index in [1.165, 1.54) is 50.6 Å². The van der Waals surface area contributed by atoms with Crippen LogP contribution < -0.4 is 14.3 Å². The van der Waals surface area contributed by atoms with Gasteiger partial charge in [0, 0.05) is 11.6 Å². The molecule has 0 aromatic heterocycles. The maximum absolute atomic E-state index is 12.9. The molecule has 140 valence electrons. The average Bonchev–Trinajstić information content (AvgIpc) is 2.60. The number of rotatable bonds is 6. The summed E-state index contributed by atoms with van der Waals surface area (Å²) in [4.78, 5) is 1.60. The number of nitrogens with zero attached hydrogens (tertiary/aromatic N) is 1. The molecule has 2 aromatic carbocycles. The third-order valence-corrected chi connectivity index (χ3v) is 4.55. The largest absolute Gasteiger partial charge is 0.497 e. The fraction of sp³-hybridized carbons (Fsp3) is 0.188. The zero-order valence-corrected chi connectivity index (χ0v) is 14.6. The zero-order valence-electron chi connectivity index (χ0n) is 13.7. The van der Waals surface area contributed by atoms with Crippen molar-refractivity contribution in [1.29, 1.82) is 0 Å². The average molecular weight is 388 g/mol. The van der Waals surface area contributed by atoms with Gasteiger partial charge in [-0.2, -0.15) is 31.5 Å². The molecule has 0 saturated carbocycles. The van der Waals surface area contributed by atoms with Crippen molar-refractivity contribution >= 4 is 16.2 Å². The summed E-state index contributed by atoms with van der Waals surface area (Å²) < 4.78 is 73.5. The van der Waals surface area contributed by atoms with E-state index in [1.807, 2.05) is 4.83 Å². The Kier molecular flexibility index (Phi) is 5.76. The highest BCUT2D eigenvalue weighted by atomic mass is 32.2. The highest BCUT2D eigenvalue weighted by Crippen LogP contribution is 2.31. The predicted octanol–water partition coefficient (Wildman–Crippen LogP) is 3.04. The van der Waals surface area contributed by atoms with Crippen LogP contribution in [0.15, 0.2) is 52.5 Å². The Labute approximate surface area is 148 Å². The smallest absolute Gasteiger partial charge is 0.417 e. The molecule has 0 fully saturated rings. The molecule has 0 amide bonds. The van der Waals surface area contributed by atoms with Crippen molar-refractivity contribution in [3.63, 3.8) is 0 Å². The standard InChI is InChI=1S/C16H15F3N2O4S/c1-24-12-7-8-14(25-2)15(9-12)26(22,23)21-20-10-11-5-3-4-6-13(11)16(17,18)19/h3-10,21H,1-2H3/b20-10+. The minimum Gasteiger partial charge on any atom is -0.497 e. The van der Waals surface area contributed by atoms with E-state index in [1.54, 1.807) is 0 Å². The summed E-state index contributed by atoms with van der Waals surface area (Å²) >= 11 is 0. The maximum atomic E-state index is 12.9. The molecule has 1 N–H and O–H groups in total. The van der Waals surface area contributed by atoms with Crippen LogP contribution in [0.2, 0.25) is 0 Å². The van der Waals surface area contributed by atoms with Gasteiger partial charge in [0.05, 0.1) is 26.0 Å². The van der Waals surface area contributed by atoms with Gasteiger partial charge in [0.15, 0.2) is 0 Å². The number of sulfonamides is 1. The molecule has 6 nitrogen and oxygen atoms in total. The minimum atomic E-state index is -4.59. The number of hydrazone groups is 1. The second kappa shape index (κ2) is 7.65. The molecule has 0 aliphatic heterocycles. The van der Waals surface area contributed by atoms with Crippen LogP contribution in [0, 0.1) is 0 Å². The molecule has 10 heteroatoms. The van der Waals surface area contributed by atoms with Gasteiger partial charge < -0.3 is 9.47 Å². The van der Waals surface area contributed by atoms with Gasteiger partial charge in [0.25, 0.3) is 10.0 Å². The lowest BCUT2D eigenvalue weighted by molar-refractivity contribution is -0.137. The van der Waals surface area contributed by atoms with Crippen LogP contribution in [0.25, 0.3) is 0 Å². The number of hydrogen-bond donors (Lipinski definition) is 1. The number of alkyl halides is 3. The molecular formula is C16H15F3N2O4S. The summed E-state index contributed by atoms with van der Waals surface area (Å²) in [6, 6.07) is 8.76. The number of benzene rings is 2. The molecular weight excluding hydrogens is 373 g/mol. The molecule has 0 aliphatic rings. The molecule has 0 saturated heterocycles. The van der Waals surface area contributed by atoms with Crippen molar-refractivity contribution in [2.75, 3.05) is 14.2 Å². The summed E-state index contributed by atoms with van der Waals surface area (Å²) in [5.41, 5.74) is -1.21. The van der Waals surface area contributed by atoms with E-state index in [0.717, 1.165) is 12.3 Å². The summed E-state index contributed by atoms with van der Waals surface area (Å²) in [5, 5.41) is 3.44. The maximum Gasteiger partial charge on any atom is 0.417 e. The second-order valence-electron chi connectivity index (χ2n) is 4.95. The second-order valence-corrected chi connectivity index (χ2v) is 6.58. The van der Waals surface area contributed by atoms with Gasteiger partial charge in [-0.25, -0.2) is 0 Å². The van der Waals surface area contributed by atoms with Crippen LogP contribution in [0.3, 0.4) is 0 Å². The third-order valence-electron chi connectivity index (χ3n) is 3.30. The number of methoxy groups -OCH3 is 2. The van der Waals surface area contributed by atoms with Gasteiger partial charge in [-0.05, 0) is 18.2 Å². The minimum absolute atomic E-state index is 0.0317. The van der Waals surface area contributed by atoms with E-state index >= 15 is 0 Å². The van der Waals surface area contributed by atoms with E-state index in [-0.39, 0.29) is 22.0 Å². The lowest BCUT2D eigenvalue weighted by Gasteiger charge is -2.11. The van der Waals surface area contributed by atoms with Crippen molar-refractivity contribution in [2.45, 2.75) is 11.1 Å². The molecule has 0 atom stereocenters. The van der Waals surface area contributed by atoms with Gasteiger partial charge in [-0.15, -0.1) is 0 Å². The molecule has 0 aliphatic carbocycles. The van der Waals surface area contributed by atoms with Crippen LogP contribution in [0.4, 0.5) is 13.2 Å². The quantitative estimate of drug-likeness (QED) is 0.610. The van der Waals surface area contributed by atoms with Gasteiger partial charge in [-0.3, -0.25) is 0 Å². The van der Waals surface area contributed by atoms with Crippen molar-refractivity contribution in [3.8, 4) is 11.5 Å². The number of ether oxygens (including phenoxy) is 2. The van der Waals surface area contributed by atoms with Crippen molar-refractivity contribution in [3.05, 3.63) is 53.6 Å². The molecule has 26 heavy (non-hydrogen) atoms. The Hall–Kier alpha value is -2.75. The van der Waals surface area contributed by atoms with Gasteiger partial charge in [0.2, 0.25) is 0 Å². The van der Waals surface area contributed by atoms with Gasteiger partial charge in [-0.1, -0.05) is 18.2 Å². The lowest BCUT2D eigenvalue weighted by Crippen LogP contribution is -2.19. The summed E-state index contributed by atoms with van der Waals surface area (Å²) in [6.45, 7) is 0. The highest BCUT2D eigenvalue weighted by molar-refractivity contribution is 7.89. The number of nitrogens with one attached hydrogen (secondary N) is 1. The lowest BCUT2D eigenvalue weighted by atomic mass is 10.1. The van der Waals surface area contributed by atoms with Crippen LogP contribution in [-0.2, 0) is 16.2 Å². The fourth-order valence-corrected chi connectivity index (χ4v) is 3.05. The number of hydrogen-bond acceptors (Lipinski definition) is 5. The first-order chi connectivity index (χ1) is 12.2. The molecule has 0 bridgehead atoms. The highest BCUT2D eigenvalue weighted by Gasteiger charge is 2.32. The Balaban J connectivity index is 2.31. The van der Waals surface area contributed by atoms with Crippen LogP contribution in [0.1, 0.15) is 11.1 Å². The third kappa shape index (κ3) is 4.45. The molecule has 0 radical (unpaired) electrons. The Morgan fingerprint density at radius 1 is 1.08 bits per heavy atom. The predicted molar refractivity (Wildman–Crippen MR) is 88.9 cm³/mol. The molecule has 2 aromatic rings. The van der Waals surface area contributed by atoms with Crippen molar-refractivity contribution < 1.29 is 31.1 Å². The Morgan fingerprint density at radius 2 is 1.77 bits per heavy atom. The van der Waals surface area contributed by atoms with E-state index < -0.39 is 21.8 Å². The van der Waals surface area contributed by atoms with E-state index in [0.29, 0.717) is 0 Å². The first-order valence-corrected chi connectivity index (χ1v) is 8.60. The van der Waals surface area contributed by atoms with Crippen LogP contribution >= 0.6 is 0 Å². The van der Waals surface area contributed by atoms with Crippen LogP contribution in [-0.4, -0.2) is 28.9 Å². The van der Waals surface area contributed by atoms with Crippen LogP contribution in [0.5, 0.6) is 11.5 Å². The summed E-state index contributed by atoms with van der Waals surface area (Å²) in [6.07, 6.45) is -3.80.